The van der Waals surface area contributed by atoms with Crippen LogP contribution in [0.4, 0.5) is 0 Å². The quantitative estimate of drug-likeness (QED) is 0.791. The van der Waals surface area contributed by atoms with Crippen LogP contribution >= 0.6 is 50.9 Å². The van der Waals surface area contributed by atoms with Gasteiger partial charge in [-0.05, 0) is 44.6 Å². The Morgan fingerprint density at radius 1 is 1.64 bits per heavy atom. The molecule has 62 valence electrons. The Labute approximate surface area is 93.6 Å². The number of hydrogen-bond acceptors (Lipinski definition) is 2. The molecule has 0 aromatic carbocycles. The molecule has 1 aromatic rings. The van der Waals surface area contributed by atoms with Crippen LogP contribution < -0.4 is 5.73 Å². The molecule has 5 heteroatoms. The Bertz CT molecular complexity index is 244. The minimum atomic E-state index is 0. The van der Waals surface area contributed by atoms with Crippen LogP contribution in [-0.4, -0.2) is 4.98 Å². The highest BCUT2D eigenvalue weighted by Gasteiger charge is 1.97. The molecule has 0 saturated carbocycles. The van der Waals surface area contributed by atoms with Crippen LogP contribution in [0.3, 0.4) is 0 Å². The molecule has 1 heterocycles. The lowest BCUT2D eigenvalue weighted by molar-refractivity contribution is 0.976. The van der Waals surface area contributed by atoms with E-state index in [1.807, 2.05) is 6.07 Å². The van der Waals surface area contributed by atoms with Gasteiger partial charge in [-0.1, -0.05) is 0 Å². The van der Waals surface area contributed by atoms with Crippen LogP contribution in [0, 0.1) is 3.57 Å². The van der Waals surface area contributed by atoms with E-state index in [4.69, 9.17) is 5.73 Å². The minimum absolute atomic E-state index is 0. The summed E-state index contributed by atoms with van der Waals surface area (Å²) in [6.07, 6.45) is 1.80. The number of pyridine rings is 1. The summed E-state index contributed by atoms with van der Waals surface area (Å²) in [6.45, 7) is 0.484. The van der Waals surface area contributed by atoms with Crippen molar-refractivity contribution in [2.24, 2.45) is 5.73 Å². The van der Waals surface area contributed by atoms with Gasteiger partial charge >= 0.3 is 0 Å². The monoisotopic (exact) mass is 348 g/mol. The maximum atomic E-state index is 5.41. The zero-order valence-corrected chi connectivity index (χ0v) is 10.1. The summed E-state index contributed by atoms with van der Waals surface area (Å²) in [5.74, 6) is 0. The SMILES string of the molecule is Cl.NCc1ncc(I)cc1Br. The first-order valence-electron chi connectivity index (χ1n) is 2.74. The summed E-state index contributed by atoms with van der Waals surface area (Å²) in [5.41, 5.74) is 6.31. The van der Waals surface area contributed by atoms with Crippen LogP contribution in [0.25, 0.3) is 0 Å². The average Bonchev–Trinajstić information content (AvgIpc) is 1.88. The van der Waals surface area contributed by atoms with Gasteiger partial charge in [0.05, 0.1) is 5.69 Å². The molecular formula is C6H7BrClIN2. The van der Waals surface area contributed by atoms with Crippen LogP contribution in [-0.2, 0) is 6.54 Å². The van der Waals surface area contributed by atoms with Gasteiger partial charge in [0.2, 0.25) is 0 Å². The van der Waals surface area contributed by atoms with Crippen molar-refractivity contribution < 1.29 is 0 Å². The Balaban J connectivity index is 0.000001000. The van der Waals surface area contributed by atoms with E-state index in [2.05, 4.69) is 43.5 Å². The van der Waals surface area contributed by atoms with E-state index in [-0.39, 0.29) is 12.4 Å². The highest BCUT2D eigenvalue weighted by molar-refractivity contribution is 14.1. The fourth-order valence-corrected chi connectivity index (χ4v) is 1.98. The fraction of sp³-hybridized carbons (Fsp3) is 0.167. The van der Waals surface area contributed by atoms with E-state index >= 15 is 0 Å². The molecule has 0 spiro atoms. The number of hydrogen-bond donors (Lipinski definition) is 1. The van der Waals surface area contributed by atoms with Gasteiger partial charge in [0.1, 0.15) is 0 Å². The van der Waals surface area contributed by atoms with Crippen LogP contribution in [0.2, 0.25) is 0 Å². The predicted molar refractivity (Wildman–Crippen MR) is 59.8 cm³/mol. The Morgan fingerprint density at radius 2 is 2.27 bits per heavy atom. The largest absolute Gasteiger partial charge is 0.325 e. The van der Waals surface area contributed by atoms with Crippen molar-refractivity contribution in [3.63, 3.8) is 0 Å². The van der Waals surface area contributed by atoms with Gasteiger partial charge in [-0.25, -0.2) is 0 Å². The normalized spacial score (nSPS) is 9.00. The summed E-state index contributed by atoms with van der Waals surface area (Å²) in [4.78, 5) is 4.12. The Kier molecular flexibility index (Phi) is 5.58. The van der Waals surface area contributed by atoms with Gasteiger partial charge < -0.3 is 5.73 Å². The second kappa shape index (κ2) is 5.29. The molecule has 0 radical (unpaired) electrons. The van der Waals surface area contributed by atoms with Crippen LogP contribution in [0.5, 0.6) is 0 Å². The Morgan fingerprint density at radius 3 is 2.73 bits per heavy atom. The molecular weight excluding hydrogens is 342 g/mol. The smallest absolute Gasteiger partial charge is 0.0681 e. The molecule has 2 nitrogen and oxygen atoms in total. The topological polar surface area (TPSA) is 38.9 Å². The molecule has 11 heavy (non-hydrogen) atoms. The molecule has 0 aliphatic heterocycles. The molecule has 1 rings (SSSR count). The number of rotatable bonds is 1. The highest BCUT2D eigenvalue weighted by Crippen LogP contribution is 2.16. The standard InChI is InChI=1S/C6H6BrIN2.ClH/c7-5-1-4(8)3-10-6(5)2-9;/h1,3H,2,9H2;1H. The molecule has 0 aliphatic rings. The second-order valence-electron chi connectivity index (χ2n) is 1.79. The maximum absolute atomic E-state index is 5.41. The molecule has 0 amide bonds. The summed E-state index contributed by atoms with van der Waals surface area (Å²) >= 11 is 5.57. The van der Waals surface area contributed by atoms with Gasteiger partial charge in [0.25, 0.3) is 0 Å². The van der Waals surface area contributed by atoms with Gasteiger partial charge in [0, 0.05) is 20.8 Å². The Hall–Kier alpha value is 0.610. The summed E-state index contributed by atoms with van der Waals surface area (Å²) in [6, 6.07) is 2.00. The van der Waals surface area contributed by atoms with E-state index in [0.29, 0.717) is 6.54 Å². The van der Waals surface area contributed by atoms with E-state index in [9.17, 15) is 0 Å². The molecule has 0 bridgehead atoms. The molecule has 0 saturated heterocycles. The number of aromatic nitrogens is 1. The third-order valence-corrected chi connectivity index (χ3v) is 2.35. The molecule has 2 N–H and O–H groups in total. The summed E-state index contributed by atoms with van der Waals surface area (Å²) in [5, 5.41) is 0. The number of nitrogens with two attached hydrogens (primary N) is 1. The van der Waals surface area contributed by atoms with Crippen molar-refractivity contribution in [1.82, 2.24) is 4.98 Å². The van der Waals surface area contributed by atoms with Crippen molar-refractivity contribution in [3.05, 3.63) is 26.0 Å². The highest BCUT2D eigenvalue weighted by atomic mass is 127. The first-order valence-corrected chi connectivity index (χ1v) is 4.61. The maximum Gasteiger partial charge on any atom is 0.0681 e. The predicted octanol–water partition coefficient (Wildman–Crippen LogP) is 2.33. The van der Waals surface area contributed by atoms with Gasteiger partial charge in [-0.2, -0.15) is 0 Å². The van der Waals surface area contributed by atoms with Crippen molar-refractivity contribution in [3.8, 4) is 0 Å². The van der Waals surface area contributed by atoms with Crippen LogP contribution in [0.15, 0.2) is 16.7 Å². The van der Waals surface area contributed by atoms with Crippen molar-refractivity contribution in [1.29, 1.82) is 0 Å². The minimum Gasteiger partial charge on any atom is -0.325 e. The lowest BCUT2D eigenvalue weighted by Crippen LogP contribution is -2.00. The van der Waals surface area contributed by atoms with E-state index in [1.54, 1.807) is 6.20 Å². The zero-order valence-electron chi connectivity index (χ0n) is 5.55. The first-order chi connectivity index (χ1) is 4.74. The average molecular weight is 349 g/mol. The van der Waals surface area contributed by atoms with Gasteiger partial charge in [-0.15, -0.1) is 12.4 Å². The van der Waals surface area contributed by atoms with E-state index in [0.717, 1.165) is 13.7 Å². The fourth-order valence-electron chi connectivity index (χ4n) is 0.593. The third-order valence-electron chi connectivity index (χ3n) is 1.08. The molecule has 0 fully saturated rings. The molecule has 0 unspecified atom stereocenters. The summed E-state index contributed by atoms with van der Waals surface area (Å²) in [7, 11) is 0. The molecule has 0 aliphatic carbocycles. The second-order valence-corrected chi connectivity index (χ2v) is 3.89. The van der Waals surface area contributed by atoms with Crippen molar-refractivity contribution in [2.45, 2.75) is 6.54 Å². The number of nitrogens with zero attached hydrogens (tertiary/aromatic N) is 1. The zero-order chi connectivity index (χ0) is 7.56. The van der Waals surface area contributed by atoms with E-state index in [1.165, 1.54) is 0 Å². The number of halogens is 3. The lowest BCUT2D eigenvalue weighted by Gasteiger charge is -1.98. The first kappa shape index (κ1) is 11.6. The summed E-state index contributed by atoms with van der Waals surface area (Å²) < 4.78 is 2.10. The van der Waals surface area contributed by atoms with Crippen molar-refractivity contribution in [2.75, 3.05) is 0 Å². The van der Waals surface area contributed by atoms with Gasteiger partial charge in [-0.3, -0.25) is 4.98 Å². The molecule has 1 aromatic heterocycles. The van der Waals surface area contributed by atoms with Crippen molar-refractivity contribution >= 4 is 50.9 Å². The van der Waals surface area contributed by atoms with Crippen LogP contribution in [0.1, 0.15) is 5.69 Å². The molecule has 0 atom stereocenters. The van der Waals surface area contributed by atoms with Gasteiger partial charge in [0.15, 0.2) is 0 Å². The van der Waals surface area contributed by atoms with E-state index < -0.39 is 0 Å². The third kappa shape index (κ3) is 3.23. The lowest BCUT2D eigenvalue weighted by atomic mass is 10.4.